The summed E-state index contributed by atoms with van der Waals surface area (Å²) in [7, 11) is 112. The van der Waals surface area contributed by atoms with Gasteiger partial charge in [0.25, 0.3) is 0 Å². The van der Waals surface area contributed by atoms with Gasteiger partial charge in [-0.05, 0) is 0 Å². The zero-order valence-corrected chi connectivity index (χ0v) is 20.2. The van der Waals surface area contributed by atoms with Crippen LogP contribution in [0.2, 0.25) is 0 Å². The van der Waals surface area contributed by atoms with E-state index >= 15 is 0 Å². The SMILES string of the molecule is C.[B][B]B([B])B(B(B([B])[B])B([B])[B])B(B(B([B])[B])B([B])[B])B(B(B([B])[B])B([B])[B])B(B([B])[B])B([B])[B]. The molecule has 0 rings (SSSR count). The largest absolute Gasteiger partial charge is 0.0776 e. The van der Waals surface area contributed by atoms with E-state index in [4.69, 9.17) is 139 Å². The van der Waals surface area contributed by atoms with Gasteiger partial charge in [0.15, 0.2) is 0 Å². The highest BCUT2D eigenvalue weighted by atomic mass is 13.4. The lowest BCUT2D eigenvalue weighted by Gasteiger charge is -2.52. The van der Waals surface area contributed by atoms with Crippen molar-refractivity contribution in [2.75, 3.05) is 0 Å². The van der Waals surface area contributed by atoms with Crippen molar-refractivity contribution in [3.8, 4) is 0 Å². The Labute approximate surface area is 254 Å². The first kappa shape index (κ1) is 40.4. The fraction of sp³-hybridized carbons (Fsp3) is 1.00. The van der Waals surface area contributed by atoms with E-state index in [2.05, 4.69) is 0 Å². The first-order chi connectivity index (χ1) is 15.9. The van der Waals surface area contributed by atoms with Crippen molar-refractivity contribution in [2.45, 2.75) is 7.43 Å². The Morgan fingerprint density at radius 3 is 0.611 bits per heavy atom. The summed E-state index contributed by atoms with van der Waals surface area (Å²) in [6, 6.07) is 0. The van der Waals surface area contributed by atoms with Crippen LogP contribution in [0.3, 0.4) is 0 Å². The van der Waals surface area contributed by atoms with E-state index < -0.39 is 102 Å². The Balaban J connectivity index is 0. The van der Waals surface area contributed by atoms with E-state index in [0.717, 1.165) is 0 Å². The van der Waals surface area contributed by atoms with Crippen LogP contribution in [0, 0.1) is 0 Å². The van der Waals surface area contributed by atoms with Crippen LogP contribution in [0.25, 0.3) is 0 Å². The molecular weight excluding hydrogens is 390 g/mol. The minimum atomic E-state index is -1.13. The summed E-state index contributed by atoms with van der Waals surface area (Å²) in [5.41, 5.74) is 0. The standard InChI is InChI=1S/CH4.B35/c;1-19-28(18)33(29(20(2)3)21(4)5)35(32(26(14)15)27(16)17)34(30(22(6)7)23(8)9)31(24(10)11)25(12)13/h1H4;. The van der Waals surface area contributed by atoms with Gasteiger partial charge < -0.3 is 0 Å². The molecule has 0 aromatic rings. The normalized spacial score (nSPS) is 9.22. The van der Waals surface area contributed by atoms with Gasteiger partial charge in [-0.1, -0.05) is 7.43 Å². The fourth-order valence-electron chi connectivity index (χ4n) is 5.52. The van der Waals surface area contributed by atoms with Gasteiger partial charge in [-0.15, -0.1) is 0 Å². The van der Waals surface area contributed by atoms with E-state index in [0.29, 0.717) is 0 Å². The molecule has 0 aliphatic heterocycles. The van der Waals surface area contributed by atoms with Gasteiger partial charge in [-0.25, -0.2) is 0 Å². The lowest BCUT2D eigenvalue weighted by atomic mass is 8.29. The van der Waals surface area contributed by atoms with Gasteiger partial charge in [-0.3, -0.25) is 0 Å². The molecule has 0 aromatic carbocycles. The third kappa shape index (κ3) is 10.9. The van der Waals surface area contributed by atoms with Crippen LogP contribution in [0.4, 0.5) is 0 Å². The quantitative estimate of drug-likeness (QED) is 0.228. The molecule has 36 heavy (non-hydrogen) atoms. The van der Waals surface area contributed by atoms with E-state index in [1.54, 1.807) is 0 Å². The number of hydrogen-bond acceptors (Lipinski definition) is 0. The first-order valence-electron chi connectivity index (χ1n) is 11.3. The van der Waals surface area contributed by atoms with Crippen molar-refractivity contribution >= 4 is 248 Å². The highest BCUT2D eigenvalue weighted by molar-refractivity contribution is 8.30. The van der Waals surface area contributed by atoms with Gasteiger partial charge in [0.1, 0.15) is 0 Å². The maximum atomic E-state index is 6.46. The Hall–Kier alpha value is 2.27. The van der Waals surface area contributed by atoms with Crippen LogP contribution in [-0.4, -0.2) is 248 Å². The molecule has 0 saturated heterocycles. The molecule has 0 fully saturated rings. The topological polar surface area (TPSA) is 0 Å². The van der Waals surface area contributed by atoms with Crippen molar-refractivity contribution in [3.63, 3.8) is 0 Å². The highest BCUT2D eigenvalue weighted by Gasteiger charge is 2.54. The molecule has 113 valence electrons. The van der Waals surface area contributed by atoms with Gasteiger partial charge in [0, 0.05) is 248 Å². The van der Waals surface area contributed by atoms with Crippen LogP contribution in [0.5, 0.6) is 0 Å². The van der Waals surface area contributed by atoms with Crippen LogP contribution < -0.4 is 0 Å². The molecule has 0 aromatic heterocycles. The average Bonchev–Trinajstić information content (AvgIpc) is 2.66. The van der Waals surface area contributed by atoms with E-state index in [1.165, 1.54) is 7.06 Å². The molecule has 0 bridgehead atoms. The molecule has 0 nitrogen and oxygen atoms in total. The van der Waals surface area contributed by atoms with Gasteiger partial charge >= 0.3 is 0 Å². The minimum absolute atomic E-state index is 0. The Morgan fingerprint density at radius 2 is 0.444 bits per heavy atom. The van der Waals surface area contributed by atoms with Crippen LogP contribution >= 0.6 is 0 Å². The lowest BCUT2D eigenvalue weighted by molar-refractivity contribution is 2.50. The fourth-order valence-corrected chi connectivity index (χ4v) is 5.52. The summed E-state index contributed by atoms with van der Waals surface area (Å²) < 4.78 is 0. The van der Waals surface area contributed by atoms with Crippen LogP contribution in [-0.2, 0) is 0 Å². The third-order valence-corrected chi connectivity index (χ3v) is 6.89. The van der Waals surface area contributed by atoms with Crippen molar-refractivity contribution in [1.29, 1.82) is 0 Å². The number of hydrogen-bond donors (Lipinski definition) is 0. The zero-order chi connectivity index (χ0) is 27.9. The molecule has 0 unspecified atom stereocenters. The monoisotopic (exact) mass is 401 g/mol. The third-order valence-electron chi connectivity index (χ3n) is 6.89. The van der Waals surface area contributed by atoms with E-state index in [-0.39, 0.29) is 7.43 Å². The molecule has 0 heterocycles. The molecule has 0 aliphatic rings. The number of rotatable bonds is 16. The summed E-state index contributed by atoms with van der Waals surface area (Å²) in [6.07, 6.45) is -16.4. The van der Waals surface area contributed by atoms with Gasteiger partial charge in [0.05, 0.1) is 0 Å². The Bertz CT molecular complexity index is 489. The second-order valence-corrected chi connectivity index (χ2v) is 9.43. The molecule has 37 radical (unpaired) electrons. The molecule has 0 amide bonds. The van der Waals surface area contributed by atoms with Gasteiger partial charge in [0.2, 0.25) is 0 Å². The first-order valence-corrected chi connectivity index (χ1v) is 11.3. The summed E-state index contributed by atoms with van der Waals surface area (Å²) in [6.45, 7) is 0. The summed E-state index contributed by atoms with van der Waals surface area (Å²) in [5, 5.41) is 0. The second-order valence-electron chi connectivity index (χ2n) is 9.43. The zero-order valence-electron chi connectivity index (χ0n) is 20.2. The lowest BCUT2D eigenvalue weighted by Crippen LogP contribution is -2.90. The summed E-state index contributed by atoms with van der Waals surface area (Å²) in [4.78, 5) is 0. The van der Waals surface area contributed by atoms with Gasteiger partial charge in [-0.2, -0.15) is 0 Å². The Kier molecular flexibility index (Phi) is 20.9. The molecule has 0 spiro atoms. The predicted octanol–water partition coefficient (Wildman–Crippen LogP) is -12.7. The smallest absolute Gasteiger partial charge is 0 e. The molecule has 35 heteroatoms. The Morgan fingerprint density at radius 1 is 0.278 bits per heavy atom. The molecule has 0 saturated carbocycles. The highest BCUT2D eigenvalue weighted by Crippen LogP contribution is 2.16. The maximum absolute atomic E-state index is 6.46. The van der Waals surface area contributed by atoms with E-state index in [1.807, 2.05) is 0 Å². The summed E-state index contributed by atoms with van der Waals surface area (Å²) >= 11 is 0. The molecule has 0 atom stereocenters. The van der Waals surface area contributed by atoms with Crippen molar-refractivity contribution in [2.24, 2.45) is 0 Å². The second kappa shape index (κ2) is 18.7. The van der Waals surface area contributed by atoms with Crippen molar-refractivity contribution < 1.29 is 0 Å². The van der Waals surface area contributed by atoms with Crippen LogP contribution in [0.1, 0.15) is 7.43 Å². The molecule has 0 aliphatic carbocycles. The van der Waals surface area contributed by atoms with E-state index in [9.17, 15) is 0 Å². The summed E-state index contributed by atoms with van der Waals surface area (Å²) in [5.74, 6) is 0. The minimum Gasteiger partial charge on any atom is -0.0776 e. The maximum Gasteiger partial charge on any atom is 0 e. The van der Waals surface area contributed by atoms with Crippen LogP contribution in [0.15, 0.2) is 0 Å². The van der Waals surface area contributed by atoms with Crippen molar-refractivity contribution in [1.82, 2.24) is 0 Å². The van der Waals surface area contributed by atoms with Crippen molar-refractivity contribution in [3.05, 3.63) is 0 Å². The molecule has 0 N–H and O–H groups in total. The molecular formula is CH4B35. The predicted molar refractivity (Wildman–Crippen MR) is 208 cm³/mol. The average molecular weight is 394 g/mol.